The summed E-state index contributed by atoms with van der Waals surface area (Å²) in [5, 5.41) is 15.9. The number of hydrogen-bond acceptors (Lipinski definition) is 3. The van der Waals surface area contributed by atoms with Crippen LogP contribution in [0, 0.1) is 6.92 Å². The summed E-state index contributed by atoms with van der Waals surface area (Å²) in [6, 6.07) is 12.8. The number of aromatic nitrogens is 2. The Bertz CT molecular complexity index is 922. The van der Waals surface area contributed by atoms with Gasteiger partial charge in [0.1, 0.15) is 11.3 Å². The molecule has 0 aliphatic heterocycles. The van der Waals surface area contributed by atoms with Gasteiger partial charge < -0.3 is 10.8 Å². The zero-order valence-corrected chi connectivity index (χ0v) is 15.7. The number of nitrogen functional groups attached to an aromatic ring is 1. The van der Waals surface area contributed by atoms with Crippen molar-refractivity contribution in [3.63, 3.8) is 0 Å². The standard InChI is InChI=1S/C19H19Cl2N3O/c1-11-9-12(22)7-8-13(11)16-10-17(19(2,3)25)23-24(16)18-14(20)5-4-6-15(18)21/h4-10,25H,22H2,1-3H3. The monoisotopic (exact) mass is 375 g/mol. The van der Waals surface area contributed by atoms with Crippen LogP contribution in [0.25, 0.3) is 16.9 Å². The third-order valence-corrected chi connectivity index (χ3v) is 4.62. The molecule has 0 atom stereocenters. The van der Waals surface area contributed by atoms with Crippen molar-refractivity contribution in [1.82, 2.24) is 9.78 Å². The molecule has 0 bridgehead atoms. The number of aryl methyl sites for hydroxylation is 1. The molecule has 1 heterocycles. The van der Waals surface area contributed by atoms with E-state index in [4.69, 9.17) is 28.9 Å². The second kappa shape index (κ2) is 6.37. The van der Waals surface area contributed by atoms with E-state index in [2.05, 4.69) is 5.10 Å². The van der Waals surface area contributed by atoms with Crippen molar-refractivity contribution in [2.45, 2.75) is 26.4 Å². The summed E-state index contributed by atoms with van der Waals surface area (Å²) in [4.78, 5) is 0. The first-order chi connectivity index (χ1) is 11.7. The van der Waals surface area contributed by atoms with E-state index < -0.39 is 5.60 Å². The Kier molecular flexibility index (Phi) is 4.54. The number of aliphatic hydroxyl groups is 1. The SMILES string of the molecule is Cc1cc(N)ccc1-c1cc(C(C)(C)O)nn1-c1c(Cl)cccc1Cl. The first kappa shape index (κ1) is 17.8. The molecule has 6 heteroatoms. The quantitative estimate of drug-likeness (QED) is 0.635. The normalized spacial score (nSPS) is 11.8. The molecule has 3 aromatic rings. The van der Waals surface area contributed by atoms with Gasteiger partial charge in [0.25, 0.3) is 0 Å². The summed E-state index contributed by atoms with van der Waals surface area (Å²) >= 11 is 12.8. The number of anilines is 1. The van der Waals surface area contributed by atoms with Crippen LogP contribution < -0.4 is 5.73 Å². The van der Waals surface area contributed by atoms with Crippen LogP contribution in [0.3, 0.4) is 0 Å². The van der Waals surface area contributed by atoms with Crippen molar-refractivity contribution in [2.75, 3.05) is 5.73 Å². The van der Waals surface area contributed by atoms with Crippen molar-refractivity contribution >= 4 is 28.9 Å². The summed E-state index contributed by atoms with van der Waals surface area (Å²) < 4.78 is 1.68. The molecule has 3 N–H and O–H groups in total. The summed E-state index contributed by atoms with van der Waals surface area (Å²) in [5.41, 5.74) is 9.27. The molecular formula is C19H19Cl2N3O. The fraction of sp³-hybridized carbons (Fsp3) is 0.211. The van der Waals surface area contributed by atoms with Gasteiger partial charge in [0.05, 0.1) is 21.4 Å². The smallest absolute Gasteiger partial charge is 0.103 e. The molecule has 0 aliphatic rings. The van der Waals surface area contributed by atoms with E-state index in [0.717, 1.165) is 16.8 Å². The number of nitrogens with two attached hydrogens (primary N) is 1. The van der Waals surface area contributed by atoms with Crippen molar-refractivity contribution in [3.8, 4) is 16.9 Å². The molecular weight excluding hydrogens is 357 g/mol. The Labute approximate surface area is 156 Å². The van der Waals surface area contributed by atoms with Gasteiger partial charge in [-0.1, -0.05) is 35.3 Å². The number of nitrogens with zero attached hydrogens (tertiary/aromatic N) is 2. The third kappa shape index (κ3) is 3.38. The molecule has 0 fully saturated rings. The average Bonchev–Trinajstić information content (AvgIpc) is 2.92. The summed E-state index contributed by atoms with van der Waals surface area (Å²) in [6.07, 6.45) is 0. The summed E-state index contributed by atoms with van der Waals surface area (Å²) in [7, 11) is 0. The van der Waals surface area contributed by atoms with Crippen LogP contribution in [-0.2, 0) is 5.60 Å². The van der Waals surface area contributed by atoms with Crippen LogP contribution in [-0.4, -0.2) is 14.9 Å². The highest BCUT2D eigenvalue weighted by molar-refractivity contribution is 6.37. The van der Waals surface area contributed by atoms with Gasteiger partial charge >= 0.3 is 0 Å². The molecule has 0 saturated carbocycles. The van der Waals surface area contributed by atoms with Gasteiger partial charge in [0, 0.05) is 11.3 Å². The molecule has 0 aliphatic carbocycles. The van der Waals surface area contributed by atoms with E-state index >= 15 is 0 Å². The number of rotatable bonds is 3. The minimum Gasteiger partial charge on any atom is -0.399 e. The molecule has 0 spiro atoms. The van der Waals surface area contributed by atoms with Crippen molar-refractivity contribution in [1.29, 1.82) is 0 Å². The Morgan fingerprint density at radius 3 is 2.28 bits per heavy atom. The van der Waals surface area contributed by atoms with Gasteiger partial charge in [-0.2, -0.15) is 5.10 Å². The lowest BCUT2D eigenvalue weighted by atomic mass is 10.0. The lowest BCUT2D eigenvalue weighted by molar-refractivity contribution is 0.0734. The van der Waals surface area contributed by atoms with Crippen LogP contribution in [0.15, 0.2) is 42.5 Å². The maximum atomic E-state index is 10.4. The fourth-order valence-electron chi connectivity index (χ4n) is 2.71. The number of benzene rings is 2. The Morgan fingerprint density at radius 1 is 1.08 bits per heavy atom. The van der Waals surface area contributed by atoms with Gasteiger partial charge in [-0.15, -0.1) is 0 Å². The number of hydrogen-bond donors (Lipinski definition) is 2. The molecule has 0 radical (unpaired) electrons. The summed E-state index contributed by atoms with van der Waals surface area (Å²) in [6.45, 7) is 5.35. The van der Waals surface area contributed by atoms with Gasteiger partial charge in [-0.05, 0) is 56.7 Å². The van der Waals surface area contributed by atoms with Crippen LogP contribution in [0.4, 0.5) is 5.69 Å². The number of para-hydroxylation sites is 1. The molecule has 4 nitrogen and oxygen atoms in total. The van der Waals surface area contributed by atoms with Gasteiger partial charge in [-0.25, -0.2) is 4.68 Å². The first-order valence-corrected chi connectivity index (χ1v) is 8.58. The maximum absolute atomic E-state index is 10.4. The molecule has 130 valence electrons. The van der Waals surface area contributed by atoms with Crippen LogP contribution in [0.1, 0.15) is 25.1 Å². The highest BCUT2D eigenvalue weighted by Gasteiger charge is 2.25. The minimum atomic E-state index is -1.10. The second-order valence-electron chi connectivity index (χ2n) is 6.53. The Hall–Kier alpha value is -2.01. The Morgan fingerprint density at radius 2 is 1.72 bits per heavy atom. The average molecular weight is 376 g/mol. The van der Waals surface area contributed by atoms with E-state index in [-0.39, 0.29) is 0 Å². The van der Waals surface area contributed by atoms with Crippen molar-refractivity contribution < 1.29 is 5.11 Å². The topological polar surface area (TPSA) is 64.1 Å². The highest BCUT2D eigenvalue weighted by Crippen LogP contribution is 2.35. The second-order valence-corrected chi connectivity index (χ2v) is 7.34. The largest absolute Gasteiger partial charge is 0.399 e. The molecule has 0 saturated heterocycles. The lowest BCUT2D eigenvalue weighted by Gasteiger charge is -2.14. The first-order valence-electron chi connectivity index (χ1n) is 7.82. The predicted octanol–water partition coefficient (Wildman–Crippen LogP) is 4.96. The molecule has 2 aromatic carbocycles. The fourth-order valence-corrected chi connectivity index (χ4v) is 3.27. The van der Waals surface area contributed by atoms with Crippen LogP contribution in [0.2, 0.25) is 10.0 Å². The molecule has 0 unspecified atom stereocenters. The maximum Gasteiger partial charge on any atom is 0.103 e. The molecule has 1 aromatic heterocycles. The van der Waals surface area contributed by atoms with E-state index in [9.17, 15) is 5.11 Å². The highest BCUT2D eigenvalue weighted by atomic mass is 35.5. The number of halogens is 2. The van der Waals surface area contributed by atoms with Gasteiger partial charge in [-0.3, -0.25) is 0 Å². The van der Waals surface area contributed by atoms with Gasteiger partial charge in [0.2, 0.25) is 0 Å². The van der Waals surface area contributed by atoms with Gasteiger partial charge in [0.15, 0.2) is 0 Å². The predicted molar refractivity (Wildman–Crippen MR) is 103 cm³/mol. The van der Waals surface area contributed by atoms with E-state index in [1.54, 1.807) is 36.7 Å². The van der Waals surface area contributed by atoms with Crippen LogP contribution in [0.5, 0.6) is 0 Å². The van der Waals surface area contributed by atoms with E-state index in [0.29, 0.717) is 27.1 Å². The Balaban J connectivity index is 2.33. The van der Waals surface area contributed by atoms with Crippen molar-refractivity contribution in [2.24, 2.45) is 0 Å². The van der Waals surface area contributed by atoms with Crippen LogP contribution >= 0.6 is 23.2 Å². The minimum absolute atomic E-state index is 0.479. The molecule has 0 amide bonds. The van der Waals surface area contributed by atoms with Crippen molar-refractivity contribution in [3.05, 3.63) is 63.8 Å². The summed E-state index contributed by atoms with van der Waals surface area (Å²) in [5.74, 6) is 0. The molecule has 25 heavy (non-hydrogen) atoms. The third-order valence-electron chi connectivity index (χ3n) is 4.01. The lowest BCUT2D eigenvalue weighted by Crippen LogP contribution is -2.16. The zero-order valence-electron chi connectivity index (χ0n) is 14.2. The van der Waals surface area contributed by atoms with E-state index in [1.807, 2.05) is 31.2 Å². The zero-order chi connectivity index (χ0) is 18.4. The van der Waals surface area contributed by atoms with E-state index in [1.165, 1.54) is 0 Å². The molecule has 3 rings (SSSR count).